The minimum atomic E-state index is -3.54. The van der Waals surface area contributed by atoms with Gasteiger partial charge in [0.1, 0.15) is 12.4 Å². The van der Waals surface area contributed by atoms with E-state index in [0.717, 1.165) is 22.1 Å². The van der Waals surface area contributed by atoms with E-state index in [0.29, 0.717) is 0 Å². The van der Waals surface area contributed by atoms with Gasteiger partial charge in [0, 0.05) is 6.54 Å². The molecule has 124 valence electrons. The molecule has 5 heteroatoms. The molecule has 0 saturated carbocycles. The zero-order chi connectivity index (χ0) is 17.0. The standard InChI is InChI=1S/C19H19NO3S/c1-15-5-4-8-18(13-15)23-12-11-20-24(21,22)19-10-9-16-6-2-3-7-17(16)14-19/h2-10,13-14,20H,11-12H2,1H3. The van der Waals surface area contributed by atoms with Crippen molar-refractivity contribution in [3.63, 3.8) is 0 Å². The van der Waals surface area contributed by atoms with Crippen LogP contribution in [0.15, 0.2) is 71.6 Å². The van der Waals surface area contributed by atoms with Crippen LogP contribution in [0.4, 0.5) is 0 Å². The molecule has 0 saturated heterocycles. The average Bonchev–Trinajstić information content (AvgIpc) is 2.58. The maximum atomic E-state index is 12.4. The van der Waals surface area contributed by atoms with Crippen LogP contribution >= 0.6 is 0 Å². The Labute approximate surface area is 142 Å². The number of nitrogens with one attached hydrogen (secondary N) is 1. The largest absolute Gasteiger partial charge is 0.492 e. The maximum Gasteiger partial charge on any atom is 0.240 e. The van der Waals surface area contributed by atoms with Crippen LogP contribution in [0.25, 0.3) is 10.8 Å². The van der Waals surface area contributed by atoms with Gasteiger partial charge in [0.15, 0.2) is 0 Å². The van der Waals surface area contributed by atoms with Crippen molar-refractivity contribution >= 4 is 20.8 Å². The second-order valence-corrected chi connectivity index (χ2v) is 7.34. The van der Waals surface area contributed by atoms with E-state index < -0.39 is 10.0 Å². The highest BCUT2D eigenvalue weighted by Gasteiger charge is 2.13. The van der Waals surface area contributed by atoms with Crippen LogP contribution in [-0.2, 0) is 10.0 Å². The van der Waals surface area contributed by atoms with Gasteiger partial charge in [-0.3, -0.25) is 0 Å². The molecule has 1 N–H and O–H groups in total. The third-order valence-electron chi connectivity index (χ3n) is 3.68. The lowest BCUT2D eigenvalue weighted by Gasteiger charge is -2.09. The number of sulfonamides is 1. The summed E-state index contributed by atoms with van der Waals surface area (Å²) in [6.07, 6.45) is 0. The van der Waals surface area contributed by atoms with E-state index in [1.54, 1.807) is 12.1 Å². The van der Waals surface area contributed by atoms with Crippen LogP contribution in [0.5, 0.6) is 5.75 Å². The minimum absolute atomic E-state index is 0.211. The third-order valence-corrected chi connectivity index (χ3v) is 5.14. The van der Waals surface area contributed by atoms with E-state index in [1.165, 1.54) is 0 Å². The van der Waals surface area contributed by atoms with Gasteiger partial charge in [0.05, 0.1) is 4.90 Å². The molecule has 0 aliphatic carbocycles. The van der Waals surface area contributed by atoms with Gasteiger partial charge >= 0.3 is 0 Å². The van der Waals surface area contributed by atoms with E-state index in [2.05, 4.69) is 4.72 Å². The topological polar surface area (TPSA) is 55.4 Å². The molecule has 0 amide bonds. The van der Waals surface area contributed by atoms with E-state index >= 15 is 0 Å². The van der Waals surface area contributed by atoms with Crippen molar-refractivity contribution in [3.8, 4) is 5.75 Å². The highest BCUT2D eigenvalue weighted by molar-refractivity contribution is 7.89. The first-order valence-electron chi connectivity index (χ1n) is 7.72. The van der Waals surface area contributed by atoms with Crippen LogP contribution in [0.2, 0.25) is 0 Å². The van der Waals surface area contributed by atoms with Crippen molar-refractivity contribution in [2.45, 2.75) is 11.8 Å². The van der Waals surface area contributed by atoms with Gasteiger partial charge in [-0.2, -0.15) is 0 Å². The van der Waals surface area contributed by atoms with Gasteiger partial charge in [-0.1, -0.05) is 42.5 Å². The molecule has 3 rings (SSSR count). The number of benzene rings is 3. The van der Waals surface area contributed by atoms with Crippen molar-refractivity contribution in [3.05, 3.63) is 72.3 Å². The molecule has 4 nitrogen and oxygen atoms in total. The highest BCUT2D eigenvalue weighted by atomic mass is 32.2. The van der Waals surface area contributed by atoms with E-state index in [9.17, 15) is 8.42 Å². The molecule has 0 aliphatic heterocycles. The van der Waals surface area contributed by atoms with Crippen molar-refractivity contribution in [1.82, 2.24) is 4.72 Å². The lowest BCUT2D eigenvalue weighted by atomic mass is 10.1. The number of fused-ring (bicyclic) bond motifs is 1. The molecular weight excluding hydrogens is 322 g/mol. The summed E-state index contributed by atoms with van der Waals surface area (Å²) < 4.78 is 32.9. The molecule has 0 heterocycles. The average molecular weight is 341 g/mol. The smallest absolute Gasteiger partial charge is 0.240 e. The summed E-state index contributed by atoms with van der Waals surface area (Å²) in [6, 6.07) is 20.4. The van der Waals surface area contributed by atoms with E-state index in [4.69, 9.17) is 4.74 Å². The zero-order valence-corrected chi connectivity index (χ0v) is 14.2. The van der Waals surface area contributed by atoms with E-state index in [1.807, 2.05) is 61.5 Å². The Bertz CT molecular complexity index is 951. The van der Waals surface area contributed by atoms with Crippen molar-refractivity contribution in [2.24, 2.45) is 0 Å². The fraction of sp³-hybridized carbons (Fsp3) is 0.158. The van der Waals surface area contributed by atoms with Gasteiger partial charge in [-0.15, -0.1) is 0 Å². The molecule has 0 aliphatic rings. The molecule has 0 radical (unpaired) electrons. The van der Waals surface area contributed by atoms with Gasteiger partial charge in [0.2, 0.25) is 10.0 Å². The monoisotopic (exact) mass is 341 g/mol. The van der Waals surface area contributed by atoms with Gasteiger partial charge < -0.3 is 4.74 Å². The predicted molar refractivity (Wildman–Crippen MR) is 95.8 cm³/mol. The Morgan fingerprint density at radius 1 is 0.917 bits per heavy atom. The molecule has 3 aromatic rings. The third kappa shape index (κ3) is 3.93. The van der Waals surface area contributed by atoms with Gasteiger partial charge in [0.25, 0.3) is 0 Å². The van der Waals surface area contributed by atoms with Crippen LogP contribution in [0.1, 0.15) is 5.56 Å². The number of ether oxygens (including phenoxy) is 1. The van der Waals surface area contributed by atoms with Crippen LogP contribution in [0, 0.1) is 6.92 Å². The molecule has 3 aromatic carbocycles. The normalized spacial score (nSPS) is 11.5. The Morgan fingerprint density at radius 3 is 2.50 bits per heavy atom. The molecular formula is C19H19NO3S. The first kappa shape index (κ1) is 16.5. The molecule has 0 unspecified atom stereocenters. The van der Waals surface area contributed by atoms with Crippen LogP contribution in [0.3, 0.4) is 0 Å². The molecule has 0 spiro atoms. The molecule has 0 bridgehead atoms. The fourth-order valence-corrected chi connectivity index (χ4v) is 3.52. The summed E-state index contributed by atoms with van der Waals surface area (Å²) >= 11 is 0. The minimum Gasteiger partial charge on any atom is -0.492 e. The quantitative estimate of drug-likeness (QED) is 0.698. The summed E-state index contributed by atoms with van der Waals surface area (Å²) in [5.74, 6) is 0.736. The lowest BCUT2D eigenvalue weighted by molar-refractivity contribution is 0.322. The Balaban J connectivity index is 1.62. The predicted octanol–water partition coefficient (Wildman–Crippen LogP) is 3.51. The Morgan fingerprint density at radius 2 is 1.71 bits per heavy atom. The maximum absolute atomic E-state index is 12.4. The van der Waals surface area contributed by atoms with Crippen molar-refractivity contribution in [1.29, 1.82) is 0 Å². The number of hydrogen-bond donors (Lipinski definition) is 1. The van der Waals surface area contributed by atoms with Crippen LogP contribution in [-0.4, -0.2) is 21.6 Å². The number of rotatable bonds is 6. The molecule has 0 atom stereocenters. The second-order valence-electron chi connectivity index (χ2n) is 5.57. The second kappa shape index (κ2) is 7.03. The Kier molecular flexibility index (Phi) is 4.83. The summed E-state index contributed by atoms with van der Waals surface area (Å²) in [5, 5.41) is 1.91. The highest BCUT2D eigenvalue weighted by Crippen LogP contribution is 2.18. The van der Waals surface area contributed by atoms with Crippen LogP contribution < -0.4 is 9.46 Å². The first-order chi connectivity index (χ1) is 11.5. The van der Waals surface area contributed by atoms with Gasteiger partial charge in [-0.05, 0) is 47.5 Å². The zero-order valence-electron chi connectivity index (χ0n) is 13.4. The Hall–Kier alpha value is -2.37. The first-order valence-corrected chi connectivity index (χ1v) is 9.21. The summed E-state index contributed by atoms with van der Waals surface area (Å²) in [5.41, 5.74) is 1.10. The summed E-state index contributed by atoms with van der Waals surface area (Å²) in [4.78, 5) is 0.261. The summed E-state index contributed by atoms with van der Waals surface area (Å²) in [6.45, 7) is 2.47. The number of hydrogen-bond acceptors (Lipinski definition) is 3. The molecule has 0 aromatic heterocycles. The number of aryl methyl sites for hydroxylation is 1. The van der Waals surface area contributed by atoms with E-state index in [-0.39, 0.29) is 18.0 Å². The summed E-state index contributed by atoms with van der Waals surface area (Å²) in [7, 11) is -3.54. The van der Waals surface area contributed by atoms with Crippen molar-refractivity contribution in [2.75, 3.05) is 13.2 Å². The molecule has 0 fully saturated rings. The van der Waals surface area contributed by atoms with Gasteiger partial charge in [-0.25, -0.2) is 13.1 Å². The fourth-order valence-electron chi connectivity index (χ4n) is 2.47. The lowest BCUT2D eigenvalue weighted by Crippen LogP contribution is -2.28. The van der Waals surface area contributed by atoms with Crippen molar-refractivity contribution < 1.29 is 13.2 Å². The SMILES string of the molecule is Cc1cccc(OCCNS(=O)(=O)c2ccc3ccccc3c2)c1. The molecule has 24 heavy (non-hydrogen) atoms.